The molecule has 0 aliphatic carbocycles. The average Bonchev–Trinajstić information content (AvgIpc) is 3.05. The van der Waals surface area contributed by atoms with Crippen LogP contribution < -0.4 is 15.8 Å². The Balaban J connectivity index is 1.99. The Morgan fingerprint density at radius 1 is 1.23 bits per heavy atom. The fourth-order valence-electron chi connectivity index (χ4n) is 6.35. The number of hydrogen-bond acceptors (Lipinski definition) is 7. The van der Waals surface area contributed by atoms with Gasteiger partial charge in [0.15, 0.2) is 5.82 Å². The SMILES string of the molecule is C=CC(=O)N1CCN(c2c(C(=O)NC)c(=O)n(-c3c(C)ccnc3C(C)C)c3c(F)c(-c4c(O)cccc4F)c(Cl)cc23)C[C@@H]1CC#N. The molecule has 2 N–H and O–H groups in total. The maximum atomic E-state index is 17.4. The van der Waals surface area contributed by atoms with Gasteiger partial charge in [0.25, 0.3) is 11.5 Å². The van der Waals surface area contributed by atoms with Gasteiger partial charge >= 0.3 is 0 Å². The minimum absolute atomic E-state index is 0.00788. The molecule has 48 heavy (non-hydrogen) atoms. The van der Waals surface area contributed by atoms with Crippen molar-refractivity contribution in [3.63, 3.8) is 0 Å². The number of aryl methyl sites for hydroxylation is 1. The molecule has 0 unspecified atom stereocenters. The summed E-state index contributed by atoms with van der Waals surface area (Å²) >= 11 is 6.73. The number of pyridine rings is 2. The Bertz CT molecular complexity index is 2070. The zero-order valence-electron chi connectivity index (χ0n) is 26.8. The van der Waals surface area contributed by atoms with Crippen LogP contribution >= 0.6 is 11.6 Å². The highest BCUT2D eigenvalue weighted by Gasteiger charge is 2.36. The summed E-state index contributed by atoms with van der Waals surface area (Å²) in [5.74, 6) is -4.06. The lowest BCUT2D eigenvalue weighted by Gasteiger charge is -2.42. The van der Waals surface area contributed by atoms with E-state index in [0.29, 0.717) is 11.3 Å². The van der Waals surface area contributed by atoms with Crippen LogP contribution in [0.15, 0.2) is 54.0 Å². The molecule has 5 rings (SSSR count). The fourth-order valence-corrected chi connectivity index (χ4v) is 6.64. The third-order valence-corrected chi connectivity index (χ3v) is 8.83. The molecule has 0 radical (unpaired) electrons. The topological polar surface area (TPSA) is 132 Å². The van der Waals surface area contributed by atoms with Crippen LogP contribution in [0.2, 0.25) is 5.02 Å². The number of carbonyl (C=O) groups is 2. The minimum atomic E-state index is -1.12. The molecule has 2 amide bonds. The van der Waals surface area contributed by atoms with Gasteiger partial charge in [-0.25, -0.2) is 8.78 Å². The third kappa shape index (κ3) is 5.64. The van der Waals surface area contributed by atoms with Crippen molar-refractivity contribution in [1.82, 2.24) is 19.8 Å². The molecular weight excluding hydrogens is 642 g/mol. The van der Waals surface area contributed by atoms with Crippen LogP contribution in [0.1, 0.15) is 47.8 Å². The monoisotopic (exact) mass is 674 g/mol. The number of hydrogen-bond donors (Lipinski definition) is 2. The van der Waals surface area contributed by atoms with Gasteiger partial charge in [0.2, 0.25) is 5.91 Å². The van der Waals surface area contributed by atoms with Gasteiger partial charge in [-0.3, -0.25) is 23.9 Å². The molecule has 1 aliphatic rings. The van der Waals surface area contributed by atoms with E-state index in [-0.39, 0.29) is 64.8 Å². The number of piperazine rings is 1. The highest BCUT2D eigenvalue weighted by atomic mass is 35.5. The molecule has 248 valence electrons. The summed E-state index contributed by atoms with van der Waals surface area (Å²) in [5, 5.41) is 22.5. The number of carbonyl (C=O) groups excluding carboxylic acids is 2. The molecule has 10 nitrogen and oxygen atoms in total. The molecule has 1 aliphatic heterocycles. The van der Waals surface area contributed by atoms with Crippen LogP contribution in [0.4, 0.5) is 14.5 Å². The van der Waals surface area contributed by atoms with Crippen molar-refractivity contribution >= 4 is 40.0 Å². The lowest BCUT2D eigenvalue weighted by atomic mass is 9.96. The highest BCUT2D eigenvalue weighted by molar-refractivity contribution is 6.34. The van der Waals surface area contributed by atoms with E-state index in [9.17, 15) is 24.8 Å². The summed E-state index contributed by atoms with van der Waals surface area (Å²) in [6.45, 7) is 9.17. The Kier molecular flexibility index (Phi) is 9.54. The molecule has 1 atom stereocenters. The second kappa shape index (κ2) is 13.4. The molecule has 2 aromatic carbocycles. The second-order valence-corrected chi connectivity index (χ2v) is 12.1. The molecule has 3 heterocycles. The van der Waals surface area contributed by atoms with Crippen molar-refractivity contribution in [3.05, 3.63) is 93.0 Å². The average molecular weight is 675 g/mol. The first-order chi connectivity index (χ1) is 22.9. The van der Waals surface area contributed by atoms with Gasteiger partial charge in [-0.2, -0.15) is 5.26 Å². The number of amides is 2. The van der Waals surface area contributed by atoms with Gasteiger partial charge in [0, 0.05) is 43.8 Å². The molecule has 13 heteroatoms. The van der Waals surface area contributed by atoms with Crippen LogP contribution in [0.5, 0.6) is 5.75 Å². The van der Waals surface area contributed by atoms with Gasteiger partial charge in [0.1, 0.15) is 17.1 Å². The van der Waals surface area contributed by atoms with E-state index in [0.717, 1.165) is 16.7 Å². The Morgan fingerprint density at radius 2 is 1.96 bits per heavy atom. The predicted molar refractivity (Wildman–Crippen MR) is 180 cm³/mol. The number of aromatic hydroxyl groups is 1. The molecular formula is C35H33ClF2N6O4. The number of benzene rings is 2. The quantitative estimate of drug-likeness (QED) is 0.244. The standard InChI is InChI=1S/C35H33ClF2N6O4/c1-6-25(46)43-15-14-42(17-20(43)10-12-39)32-21-16-22(36)26(27-23(37)8-7-9-24(27)45)29(38)33(21)44(35(48)28(32)34(47)40-5)31-19(4)11-13-41-30(31)18(2)3/h6-9,11,13,16,18,20,45H,1,10,14-15,17H2,2-5H3,(H,40,47)/t20-/m0/s1. The Hall–Kier alpha value is -5.28. The minimum Gasteiger partial charge on any atom is -0.507 e. The summed E-state index contributed by atoms with van der Waals surface area (Å²) in [6.07, 6.45) is 2.63. The van der Waals surface area contributed by atoms with Crippen LogP contribution in [-0.2, 0) is 4.79 Å². The normalized spacial score (nSPS) is 14.7. The molecule has 0 saturated carbocycles. The predicted octanol–water partition coefficient (Wildman–Crippen LogP) is 5.60. The first kappa shape index (κ1) is 34.1. The van der Waals surface area contributed by atoms with E-state index < -0.39 is 51.9 Å². The maximum absolute atomic E-state index is 17.4. The number of phenolic OH excluding ortho intramolecular Hbond substituents is 1. The zero-order chi connectivity index (χ0) is 35.0. The van der Waals surface area contributed by atoms with E-state index in [1.165, 1.54) is 30.1 Å². The number of anilines is 1. The zero-order valence-corrected chi connectivity index (χ0v) is 27.5. The number of fused-ring (bicyclic) bond motifs is 1. The molecule has 0 spiro atoms. The van der Waals surface area contributed by atoms with E-state index in [2.05, 4.69) is 22.9 Å². The lowest BCUT2D eigenvalue weighted by Crippen LogP contribution is -2.55. The van der Waals surface area contributed by atoms with Gasteiger partial charge in [-0.1, -0.05) is 38.1 Å². The van der Waals surface area contributed by atoms with E-state index in [4.69, 9.17) is 11.6 Å². The second-order valence-electron chi connectivity index (χ2n) is 11.7. The summed E-state index contributed by atoms with van der Waals surface area (Å²) < 4.78 is 33.7. The fraction of sp³-hybridized carbons (Fsp3) is 0.286. The van der Waals surface area contributed by atoms with Crippen LogP contribution in [-0.4, -0.2) is 64.1 Å². The molecule has 4 aromatic rings. The summed E-state index contributed by atoms with van der Waals surface area (Å²) in [6, 6.07) is 7.89. The van der Waals surface area contributed by atoms with Gasteiger partial charge in [-0.05, 0) is 48.7 Å². The largest absolute Gasteiger partial charge is 0.507 e. The number of rotatable bonds is 7. The van der Waals surface area contributed by atoms with Crippen molar-refractivity contribution in [2.45, 2.75) is 39.2 Å². The number of halogens is 3. The van der Waals surface area contributed by atoms with Gasteiger partial charge < -0.3 is 20.2 Å². The first-order valence-electron chi connectivity index (χ1n) is 15.2. The van der Waals surface area contributed by atoms with Crippen LogP contribution in [0, 0.1) is 29.9 Å². The van der Waals surface area contributed by atoms with E-state index in [1.807, 2.05) is 13.8 Å². The number of nitrogens with one attached hydrogen (secondary N) is 1. The number of aromatic nitrogens is 2. The van der Waals surface area contributed by atoms with Crippen LogP contribution in [0.25, 0.3) is 27.7 Å². The number of phenols is 1. The number of nitrogens with zero attached hydrogens (tertiary/aromatic N) is 5. The van der Waals surface area contributed by atoms with Crippen molar-refractivity contribution in [1.29, 1.82) is 5.26 Å². The number of nitriles is 1. The Labute approximate surface area is 280 Å². The van der Waals surface area contributed by atoms with E-state index >= 15 is 8.78 Å². The van der Waals surface area contributed by atoms with E-state index in [1.54, 1.807) is 24.1 Å². The van der Waals surface area contributed by atoms with Gasteiger partial charge in [0.05, 0.1) is 51.7 Å². The van der Waals surface area contributed by atoms with Crippen LogP contribution in [0.3, 0.4) is 0 Å². The molecule has 1 fully saturated rings. The highest BCUT2D eigenvalue weighted by Crippen LogP contribution is 2.44. The van der Waals surface area contributed by atoms with Crippen molar-refractivity contribution in [2.75, 3.05) is 31.6 Å². The molecule has 0 bridgehead atoms. The smallest absolute Gasteiger partial charge is 0.270 e. The van der Waals surface area contributed by atoms with Gasteiger partial charge in [-0.15, -0.1) is 0 Å². The van der Waals surface area contributed by atoms with Crippen molar-refractivity contribution in [3.8, 4) is 28.6 Å². The third-order valence-electron chi connectivity index (χ3n) is 8.53. The maximum Gasteiger partial charge on any atom is 0.270 e. The molecule has 1 saturated heterocycles. The van der Waals surface area contributed by atoms with Crippen molar-refractivity contribution < 1.29 is 23.5 Å². The Morgan fingerprint density at radius 3 is 2.58 bits per heavy atom. The summed E-state index contributed by atoms with van der Waals surface area (Å²) in [4.78, 5) is 48.8. The summed E-state index contributed by atoms with van der Waals surface area (Å²) in [7, 11) is 1.35. The molecule has 2 aromatic heterocycles. The first-order valence-corrected chi connectivity index (χ1v) is 15.6. The van der Waals surface area contributed by atoms with Crippen molar-refractivity contribution in [2.24, 2.45) is 0 Å². The summed E-state index contributed by atoms with van der Waals surface area (Å²) in [5.41, 5.74) is -1.31. The lowest BCUT2D eigenvalue weighted by molar-refractivity contribution is -0.128.